The van der Waals surface area contributed by atoms with Crippen molar-refractivity contribution in [1.82, 2.24) is 19.7 Å². The number of fused-ring (bicyclic) bond motifs is 1. The maximum Gasteiger partial charge on any atom is 0.258 e. The minimum absolute atomic E-state index is 0. The van der Waals surface area contributed by atoms with Crippen molar-refractivity contribution in [2.24, 2.45) is 0 Å². The Morgan fingerprint density at radius 2 is 2.04 bits per heavy atom. The Hall–Kier alpha value is -2.64. The number of nitrogens with zero attached hydrogens (tertiary/aromatic N) is 3. The van der Waals surface area contributed by atoms with Crippen molar-refractivity contribution in [3.63, 3.8) is 0 Å². The Morgan fingerprint density at radius 1 is 1.25 bits per heavy atom. The first-order chi connectivity index (χ1) is 13.2. The van der Waals surface area contributed by atoms with Gasteiger partial charge < -0.3 is 15.4 Å². The second-order valence-corrected chi connectivity index (χ2v) is 6.81. The first-order valence-electron chi connectivity index (χ1n) is 9.16. The Balaban J connectivity index is 0.00000225. The van der Waals surface area contributed by atoms with Gasteiger partial charge >= 0.3 is 0 Å². The second kappa shape index (κ2) is 8.58. The van der Waals surface area contributed by atoms with Crippen LogP contribution in [0.25, 0.3) is 5.65 Å². The number of rotatable bonds is 4. The molecule has 1 saturated heterocycles. The van der Waals surface area contributed by atoms with Crippen LogP contribution in [0.1, 0.15) is 40.4 Å². The summed E-state index contributed by atoms with van der Waals surface area (Å²) in [5.74, 6) is 1.51. The van der Waals surface area contributed by atoms with Gasteiger partial charge in [-0.25, -0.2) is 9.97 Å². The number of nitrogens with one attached hydrogen (secondary N) is 2. The number of hydrogen-bond donors (Lipinski definition) is 2. The molecule has 0 unspecified atom stereocenters. The molecule has 0 bridgehead atoms. The van der Waals surface area contributed by atoms with Crippen LogP contribution in [0.3, 0.4) is 0 Å². The first kappa shape index (κ1) is 20.1. The van der Waals surface area contributed by atoms with Crippen LogP contribution in [0.15, 0.2) is 36.7 Å². The van der Waals surface area contributed by atoms with Gasteiger partial charge in [0.2, 0.25) is 5.88 Å². The van der Waals surface area contributed by atoms with E-state index < -0.39 is 0 Å². The van der Waals surface area contributed by atoms with Crippen LogP contribution in [0.4, 0.5) is 5.82 Å². The lowest BCUT2D eigenvalue weighted by Gasteiger charge is -2.22. The number of ether oxygens (including phenoxy) is 1. The molecule has 7 nitrogen and oxygen atoms in total. The van der Waals surface area contributed by atoms with Crippen molar-refractivity contribution in [2.75, 3.05) is 25.5 Å². The average Bonchev–Trinajstić information content (AvgIpc) is 3.03. The molecule has 0 spiro atoms. The molecule has 0 atom stereocenters. The van der Waals surface area contributed by atoms with Crippen molar-refractivity contribution in [2.45, 2.75) is 25.7 Å². The van der Waals surface area contributed by atoms with Crippen LogP contribution in [0.5, 0.6) is 5.88 Å². The maximum atomic E-state index is 12.6. The van der Waals surface area contributed by atoms with Crippen LogP contribution < -0.4 is 15.4 Å². The zero-order chi connectivity index (χ0) is 18.8. The van der Waals surface area contributed by atoms with Crippen LogP contribution in [0, 0.1) is 6.92 Å². The van der Waals surface area contributed by atoms with Gasteiger partial charge in [-0.15, -0.1) is 12.4 Å². The molecule has 3 aromatic heterocycles. The molecule has 8 heteroatoms. The zero-order valence-corrected chi connectivity index (χ0v) is 16.8. The number of carbonyl (C=O) groups excluding carboxylic acids is 1. The first-order valence-corrected chi connectivity index (χ1v) is 9.16. The van der Waals surface area contributed by atoms with Crippen molar-refractivity contribution < 1.29 is 9.53 Å². The van der Waals surface area contributed by atoms with Crippen LogP contribution in [0.2, 0.25) is 0 Å². The van der Waals surface area contributed by atoms with E-state index >= 15 is 0 Å². The van der Waals surface area contributed by atoms with Gasteiger partial charge in [0.1, 0.15) is 17.2 Å². The highest BCUT2D eigenvalue weighted by Crippen LogP contribution is 2.25. The number of pyridine rings is 2. The minimum atomic E-state index is -0.215. The van der Waals surface area contributed by atoms with E-state index in [9.17, 15) is 4.79 Å². The average molecular weight is 402 g/mol. The molecule has 2 N–H and O–H groups in total. The molecule has 3 aromatic rings. The molecule has 1 aliphatic heterocycles. The van der Waals surface area contributed by atoms with E-state index in [1.807, 2.05) is 19.2 Å². The summed E-state index contributed by atoms with van der Waals surface area (Å²) >= 11 is 0. The predicted octanol–water partition coefficient (Wildman–Crippen LogP) is 3.19. The summed E-state index contributed by atoms with van der Waals surface area (Å²) in [6.45, 7) is 3.96. The van der Waals surface area contributed by atoms with E-state index in [2.05, 4.69) is 26.7 Å². The third-order valence-electron chi connectivity index (χ3n) is 5.03. The van der Waals surface area contributed by atoms with Gasteiger partial charge in [-0.2, -0.15) is 0 Å². The molecular weight excluding hydrogens is 378 g/mol. The third-order valence-corrected chi connectivity index (χ3v) is 5.03. The fourth-order valence-electron chi connectivity index (χ4n) is 3.59. The monoisotopic (exact) mass is 401 g/mol. The van der Waals surface area contributed by atoms with Gasteiger partial charge in [0.15, 0.2) is 0 Å². The van der Waals surface area contributed by atoms with Gasteiger partial charge in [-0.1, -0.05) is 6.07 Å². The fourth-order valence-corrected chi connectivity index (χ4v) is 3.59. The number of halogens is 1. The smallest absolute Gasteiger partial charge is 0.258 e. The van der Waals surface area contributed by atoms with Gasteiger partial charge in [-0.3, -0.25) is 9.20 Å². The Morgan fingerprint density at radius 3 is 2.71 bits per heavy atom. The van der Waals surface area contributed by atoms with E-state index in [0.29, 0.717) is 23.2 Å². The molecule has 0 radical (unpaired) electrons. The number of aromatic nitrogens is 3. The summed E-state index contributed by atoms with van der Waals surface area (Å²) < 4.78 is 7.15. The number of anilines is 1. The molecular formula is C20H24ClN5O2. The number of methoxy groups -OCH3 is 1. The molecule has 1 amide bonds. The Labute approximate surface area is 169 Å². The number of hydrogen-bond acceptors (Lipinski definition) is 5. The lowest BCUT2D eigenvalue weighted by molar-refractivity contribution is 0.102. The highest BCUT2D eigenvalue weighted by atomic mass is 35.5. The lowest BCUT2D eigenvalue weighted by atomic mass is 9.91. The number of carbonyl (C=O) groups is 1. The summed E-state index contributed by atoms with van der Waals surface area (Å²) in [6, 6.07) is 7.48. The number of aryl methyl sites for hydroxylation is 1. The van der Waals surface area contributed by atoms with E-state index in [1.54, 1.807) is 29.8 Å². The van der Waals surface area contributed by atoms with Gasteiger partial charge in [0.05, 0.1) is 12.7 Å². The SMILES string of the molecule is COc1c(C)nc2ccc(C(=O)Nc3ccc(C4CCNCC4)cn3)cn12.Cl. The summed E-state index contributed by atoms with van der Waals surface area (Å²) in [7, 11) is 1.59. The summed E-state index contributed by atoms with van der Waals surface area (Å²) in [4.78, 5) is 21.5. The zero-order valence-electron chi connectivity index (χ0n) is 15.9. The topological polar surface area (TPSA) is 80.5 Å². The molecule has 0 aliphatic carbocycles. The van der Waals surface area contributed by atoms with Crippen molar-refractivity contribution in [3.05, 3.63) is 53.5 Å². The van der Waals surface area contributed by atoms with Crippen molar-refractivity contribution in [1.29, 1.82) is 0 Å². The molecule has 0 aromatic carbocycles. The molecule has 0 saturated carbocycles. The molecule has 148 valence electrons. The number of piperidine rings is 1. The minimum Gasteiger partial charge on any atom is -0.481 e. The Kier molecular flexibility index (Phi) is 6.16. The molecule has 4 rings (SSSR count). The van der Waals surface area contributed by atoms with Crippen molar-refractivity contribution in [3.8, 4) is 5.88 Å². The Bertz CT molecular complexity index is 965. The fraction of sp³-hybridized carbons (Fsp3) is 0.350. The standard InChI is InChI=1S/C20H23N5O2.ClH/c1-13-20(27-2)25-12-16(4-6-18(25)23-13)19(26)24-17-5-3-15(11-22-17)14-7-9-21-10-8-14;/h3-6,11-12,14,21H,7-10H2,1-2H3,(H,22,24,26);1H. The van der Waals surface area contributed by atoms with Gasteiger partial charge in [0, 0.05) is 12.4 Å². The van der Waals surface area contributed by atoms with E-state index in [1.165, 1.54) is 5.56 Å². The lowest BCUT2D eigenvalue weighted by Crippen LogP contribution is -2.26. The highest BCUT2D eigenvalue weighted by Gasteiger charge is 2.16. The second-order valence-electron chi connectivity index (χ2n) is 6.81. The number of imidazole rings is 1. The predicted molar refractivity (Wildman–Crippen MR) is 111 cm³/mol. The summed E-state index contributed by atoms with van der Waals surface area (Å²) in [5, 5.41) is 6.23. The molecule has 4 heterocycles. The van der Waals surface area contributed by atoms with Crippen LogP contribution >= 0.6 is 12.4 Å². The normalized spacial score (nSPS) is 14.5. The maximum absolute atomic E-state index is 12.6. The third kappa shape index (κ3) is 3.95. The number of amides is 1. The van der Waals surface area contributed by atoms with Gasteiger partial charge in [-0.05, 0) is 62.5 Å². The summed E-state index contributed by atoms with van der Waals surface area (Å²) in [6.07, 6.45) is 5.85. The molecule has 1 aliphatic rings. The van der Waals surface area contributed by atoms with Crippen molar-refractivity contribution >= 4 is 29.8 Å². The van der Waals surface area contributed by atoms with E-state index in [4.69, 9.17) is 4.74 Å². The van der Waals surface area contributed by atoms with Gasteiger partial charge in [0.25, 0.3) is 5.91 Å². The van der Waals surface area contributed by atoms with Crippen LogP contribution in [-0.2, 0) is 0 Å². The quantitative estimate of drug-likeness (QED) is 0.701. The molecule has 28 heavy (non-hydrogen) atoms. The van der Waals surface area contributed by atoms with E-state index in [0.717, 1.165) is 37.3 Å². The largest absolute Gasteiger partial charge is 0.481 e. The highest BCUT2D eigenvalue weighted by molar-refractivity contribution is 6.03. The molecule has 1 fully saturated rings. The van der Waals surface area contributed by atoms with E-state index in [-0.39, 0.29) is 18.3 Å². The summed E-state index contributed by atoms with van der Waals surface area (Å²) in [5.41, 5.74) is 3.27. The van der Waals surface area contributed by atoms with Crippen LogP contribution in [-0.4, -0.2) is 40.5 Å².